The molecule has 0 fully saturated rings. The molecule has 0 bridgehead atoms. The molecule has 0 spiro atoms. The van der Waals surface area contributed by atoms with Crippen LogP contribution in [-0.4, -0.2) is 16.0 Å². The van der Waals surface area contributed by atoms with Gasteiger partial charge in [0.15, 0.2) is 0 Å². The van der Waals surface area contributed by atoms with Gasteiger partial charge in [0.1, 0.15) is 5.75 Å². The Morgan fingerprint density at radius 1 is 1.15 bits per heavy atom. The summed E-state index contributed by atoms with van der Waals surface area (Å²) in [7, 11) is 0. The van der Waals surface area contributed by atoms with E-state index in [0.29, 0.717) is 11.3 Å². The molecule has 2 aromatic carbocycles. The number of nitrogens with one attached hydrogen (secondary N) is 2. The van der Waals surface area contributed by atoms with Crippen LogP contribution in [0.3, 0.4) is 0 Å². The van der Waals surface area contributed by atoms with Gasteiger partial charge in [-0.1, -0.05) is 6.07 Å². The molecule has 1 heterocycles. The summed E-state index contributed by atoms with van der Waals surface area (Å²) in [5, 5.41) is 13.3. The Bertz CT molecular complexity index is 790. The number of aromatic amines is 1. The van der Waals surface area contributed by atoms with E-state index in [0.717, 1.165) is 16.5 Å². The lowest BCUT2D eigenvalue weighted by Gasteiger charge is -2.08. The van der Waals surface area contributed by atoms with Crippen LogP contribution in [0.5, 0.6) is 5.75 Å². The predicted octanol–water partition coefficient (Wildman–Crippen LogP) is 3.43. The number of aromatic nitrogens is 1. The van der Waals surface area contributed by atoms with Crippen molar-refractivity contribution >= 4 is 22.5 Å². The van der Waals surface area contributed by atoms with Crippen LogP contribution in [0.1, 0.15) is 15.9 Å². The summed E-state index contributed by atoms with van der Waals surface area (Å²) in [5.74, 6) is 0.0172. The molecule has 0 atom stereocenters. The van der Waals surface area contributed by atoms with Crippen LogP contribution in [0.2, 0.25) is 0 Å². The summed E-state index contributed by atoms with van der Waals surface area (Å²) >= 11 is 0. The second kappa shape index (κ2) is 4.74. The van der Waals surface area contributed by atoms with Crippen LogP contribution in [0, 0.1) is 6.92 Å². The van der Waals surface area contributed by atoms with E-state index in [2.05, 4.69) is 10.3 Å². The van der Waals surface area contributed by atoms with Gasteiger partial charge in [0, 0.05) is 23.0 Å². The van der Waals surface area contributed by atoms with Crippen molar-refractivity contribution in [1.82, 2.24) is 4.98 Å². The van der Waals surface area contributed by atoms with Crippen molar-refractivity contribution in [2.45, 2.75) is 6.92 Å². The highest BCUT2D eigenvalue weighted by Crippen LogP contribution is 2.21. The molecule has 0 saturated carbocycles. The molecule has 1 aromatic heterocycles. The number of amides is 1. The number of hydrogen-bond donors (Lipinski definition) is 3. The molecule has 100 valence electrons. The van der Waals surface area contributed by atoms with Crippen molar-refractivity contribution < 1.29 is 9.90 Å². The number of aromatic hydroxyl groups is 1. The predicted molar refractivity (Wildman–Crippen MR) is 79.1 cm³/mol. The van der Waals surface area contributed by atoms with Crippen molar-refractivity contribution in [2.75, 3.05) is 5.32 Å². The number of benzene rings is 2. The minimum atomic E-state index is -0.171. The van der Waals surface area contributed by atoms with Crippen LogP contribution in [0.4, 0.5) is 5.69 Å². The molecule has 0 unspecified atom stereocenters. The molecule has 0 aliphatic rings. The monoisotopic (exact) mass is 266 g/mol. The third-order valence-electron chi connectivity index (χ3n) is 3.28. The quantitative estimate of drug-likeness (QED) is 0.622. The summed E-state index contributed by atoms with van der Waals surface area (Å²) in [5.41, 5.74) is 3.03. The Morgan fingerprint density at radius 2 is 2.00 bits per heavy atom. The second-order valence-corrected chi connectivity index (χ2v) is 4.73. The Morgan fingerprint density at radius 3 is 2.80 bits per heavy atom. The molecule has 4 nitrogen and oxygen atoms in total. The SMILES string of the molecule is Cc1cc(O)ccc1NC(=O)c1ccc2cc[nH]c2c1. The number of anilines is 1. The summed E-state index contributed by atoms with van der Waals surface area (Å²) in [6.07, 6.45) is 1.84. The van der Waals surface area contributed by atoms with E-state index in [1.54, 1.807) is 24.3 Å². The maximum Gasteiger partial charge on any atom is 0.255 e. The average Bonchev–Trinajstić information content (AvgIpc) is 2.89. The number of phenolic OH excluding ortho intramolecular Hbond substituents is 1. The zero-order valence-corrected chi connectivity index (χ0v) is 11.0. The van der Waals surface area contributed by atoms with Crippen LogP contribution in [0.15, 0.2) is 48.7 Å². The molecule has 1 amide bonds. The smallest absolute Gasteiger partial charge is 0.255 e. The third kappa shape index (κ3) is 2.23. The largest absolute Gasteiger partial charge is 0.508 e. The molecule has 20 heavy (non-hydrogen) atoms. The third-order valence-corrected chi connectivity index (χ3v) is 3.28. The molecule has 0 aliphatic carbocycles. The van der Waals surface area contributed by atoms with E-state index >= 15 is 0 Å². The van der Waals surface area contributed by atoms with E-state index in [1.165, 1.54) is 0 Å². The number of fused-ring (bicyclic) bond motifs is 1. The maximum atomic E-state index is 12.2. The van der Waals surface area contributed by atoms with Crippen molar-refractivity contribution in [3.8, 4) is 5.75 Å². The van der Waals surface area contributed by atoms with Gasteiger partial charge in [-0.15, -0.1) is 0 Å². The van der Waals surface area contributed by atoms with E-state index in [1.807, 2.05) is 31.3 Å². The van der Waals surface area contributed by atoms with E-state index < -0.39 is 0 Å². The Kier molecular flexibility index (Phi) is 2.91. The maximum absolute atomic E-state index is 12.2. The fourth-order valence-electron chi connectivity index (χ4n) is 2.17. The zero-order valence-electron chi connectivity index (χ0n) is 11.0. The van der Waals surface area contributed by atoms with Crippen LogP contribution < -0.4 is 5.32 Å². The molecule has 0 saturated heterocycles. The van der Waals surface area contributed by atoms with Crippen molar-refractivity contribution in [1.29, 1.82) is 0 Å². The molecular formula is C16H14N2O2. The van der Waals surface area contributed by atoms with Crippen molar-refractivity contribution in [2.24, 2.45) is 0 Å². The highest BCUT2D eigenvalue weighted by Gasteiger charge is 2.09. The topological polar surface area (TPSA) is 65.1 Å². The number of carbonyl (C=O) groups is 1. The van der Waals surface area contributed by atoms with Crippen LogP contribution >= 0.6 is 0 Å². The number of rotatable bonds is 2. The normalized spacial score (nSPS) is 10.7. The van der Waals surface area contributed by atoms with E-state index in [4.69, 9.17) is 0 Å². The summed E-state index contributed by atoms with van der Waals surface area (Å²) < 4.78 is 0. The first kappa shape index (κ1) is 12.3. The van der Waals surface area contributed by atoms with Gasteiger partial charge in [0.05, 0.1) is 0 Å². The Labute approximate surface area is 116 Å². The molecule has 3 N–H and O–H groups in total. The van der Waals surface area contributed by atoms with Gasteiger partial charge in [-0.05, 0) is 54.3 Å². The summed E-state index contributed by atoms with van der Waals surface area (Å²) in [6, 6.07) is 12.3. The summed E-state index contributed by atoms with van der Waals surface area (Å²) in [4.78, 5) is 15.3. The van der Waals surface area contributed by atoms with Gasteiger partial charge in [0.25, 0.3) is 5.91 Å². The van der Waals surface area contributed by atoms with Crippen molar-refractivity contribution in [3.63, 3.8) is 0 Å². The lowest BCUT2D eigenvalue weighted by atomic mass is 10.1. The second-order valence-electron chi connectivity index (χ2n) is 4.73. The highest BCUT2D eigenvalue weighted by molar-refractivity contribution is 6.06. The first-order valence-corrected chi connectivity index (χ1v) is 6.31. The van der Waals surface area contributed by atoms with Gasteiger partial charge >= 0.3 is 0 Å². The number of aryl methyl sites for hydroxylation is 1. The van der Waals surface area contributed by atoms with E-state index in [9.17, 15) is 9.90 Å². The Hall–Kier alpha value is -2.75. The number of phenols is 1. The van der Waals surface area contributed by atoms with E-state index in [-0.39, 0.29) is 11.7 Å². The van der Waals surface area contributed by atoms with Gasteiger partial charge in [-0.2, -0.15) is 0 Å². The zero-order chi connectivity index (χ0) is 14.1. The van der Waals surface area contributed by atoms with Gasteiger partial charge in [-0.25, -0.2) is 0 Å². The summed E-state index contributed by atoms with van der Waals surface area (Å²) in [6.45, 7) is 1.84. The standard InChI is InChI=1S/C16H14N2O2/c1-10-8-13(19)4-5-14(10)18-16(20)12-3-2-11-6-7-17-15(11)9-12/h2-9,17,19H,1H3,(H,18,20). The minimum Gasteiger partial charge on any atom is -0.508 e. The first-order valence-electron chi connectivity index (χ1n) is 6.31. The highest BCUT2D eigenvalue weighted by atomic mass is 16.3. The van der Waals surface area contributed by atoms with Crippen LogP contribution in [0.25, 0.3) is 10.9 Å². The first-order chi connectivity index (χ1) is 9.63. The molecule has 3 aromatic rings. The lowest BCUT2D eigenvalue weighted by Crippen LogP contribution is -2.12. The van der Waals surface area contributed by atoms with Crippen LogP contribution in [-0.2, 0) is 0 Å². The van der Waals surface area contributed by atoms with Gasteiger partial charge in [0.2, 0.25) is 0 Å². The fourth-order valence-corrected chi connectivity index (χ4v) is 2.17. The molecule has 0 aliphatic heterocycles. The average molecular weight is 266 g/mol. The van der Waals surface area contributed by atoms with Gasteiger partial charge < -0.3 is 15.4 Å². The lowest BCUT2D eigenvalue weighted by molar-refractivity contribution is 0.102. The number of carbonyl (C=O) groups excluding carboxylic acids is 1. The van der Waals surface area contributed by atoms with Crippen molar-refractivity contribution in [3.05, 3.63) is 59.8 Å². The van der Waals surface area contributed by atoms with Gasteiger partial charge in [-0.3, -0.25) is 4.79 Å². The minimum absolute atomic E-state index is 0.171. The fraction of sp³-hybridized carbons (Fsp3) is 0.0625. The molecular weight excluding hydrogens is 252 g/mol. The molecule has 3 rings (SSSR count). The number of H-pyrrole nitrogens is 1. The Balaban J connectivity index is 1.88. The number of hydrogen-bond acceptors (Lipinski definition) is 2. The molecule has 0 radical (unpaired) electrons. The molecule has 4 heteroatoms.